The lowest BCUT2D eigenvalue weighted by molar-refractivity contribution is -0.384. The van der Waals surface area contributed by atoms with Crippen molar-refractivity contribution in [2.75, 3.05) is 18.4 Å². The van der Waals surface area contributed by atoms with Crippen LogP contribution in [0.15, 0.2) is 36.4 Å². The molecule has 1 fully saturated rings. The van der Waals surface area contributed by atoms with E-state index in [9.17, 15) is 10.1 Å². The maximum atomic E-state index is 10.8. The van der Waals surface area contributed by atoms with Gasteiger partial charge in [0, 0.05) is 23.7 Å². The third-order valence-corrected chi connectivity index (χ3v) is 3.71. The van der Waals surface area contributed by atoms with Crippen molar-refractivity contribution in [1.82, 2.24) is 15.5 Å². The Morgan fingerprint density at radius 2 is 2.00 bits per heavy atom. The van der Waals surface area contributed by atoms with Gasteiger partial charge in [-0.15, -0.1) is 10.2 Å². The van der Waals surface area contributed by atoms with E-state index in [-0.39, 0.29) is 5.69 Å². The molecular formula is C15H17N5O2. The number of aromatic nitrogens is 2. The van der Waals surface area contributed by atoms with Crippen LogP contribution in [0.1, 0.15) is 12.8 Å². The summed E-state index contributed by atoms with van der Waals surface area (Å²) in [5.41, 5.74) is 1.37. The molecule has 3 rings (SSSR count). The summed E-state index contributed by atoms with van der Waals surface area (Å²) in [6.45, 7) is 2.02. The maximum Gasteiger partial charge on any atom is 0.270 e. The van der Waals surface area contributed by atoms with Crippen molar-refractivity contribution >= 4 is 11.5 Å². The molecule has 1 aliphatic rings. The first kappa shape index (κ1) is 14.4. The van der Waals surface area contributed by atoms with Crippen LogP contribution in [-0.4, -0.2) is 34.3 Å². The van der Waals surface area contributed by atoms with Crippen LogP contribution in [0.5, 0.6) is 0 Å². The van der Waals surface area contributed by atoms with Gasteiger partial charge in [-0.25, -0.2) is 0 Å². The van der Waals surface area contributed by atoms with Gasteiger partial charge >= 0.3 is 0 Å². The minimum Gasteiger partial charge on any atom is -0.366 e. The van der Waals surface area contributed by atoms with Crippen LogP contribution >= 0.6 is 0 Å². The van der Waals surface area contributed by atoms with Gasteiger partial charge in [-0.1, -0.05) is 12.1 Å². The van der Waals surface area contributed by atoms with Gasteiger partial charge in [0.15, 0.2) is 0 Å². The van der Waals surface area contributed by atoms with Gasteiger partial charge in [-0.3, -0.25) is 10.1 Å². The van der Waals surface area contributed by atoms with E-state index < -0.39 is 4.92 Å². The fourth-order valence-electron chi connectivity index (χ4n) is 2.52. The molecule has 1 saturated heterocycles. The highest BCUT2D eigenvalue weighted by atomic mass is 16.6. The number of nitrogens with one attached hydrogen (secondary N) is 2. The second kappa shape index (κ2) is 6.48. The van der Waals surface area contributed by atoms with E-state index in [1.165, 1.54) is 12.1 Å². The highest BCUT2D eigenvalue weighted by Gasteiger charge is 2.13. The van der Waals surface area contributed by atoms with Crippen LogP contribution in [0, 0.1) is 10.1 Å². The van der Waals surface area contributed by atoms with Crippen molar-refractivity contribution in [2.45, 2.75) is 18.9 Å². The lowest BCUT2D eigenvalue weighted by Crippen LogP contribution is -2.35. The average molecular weight is 299 g/mol. The molecular weight excluding hydrogens is 282 g/mol. The molecule has 7 nitrogen and oxygen atoms in total. The lowest BCUT2D eigenvalue weighted by atomic mass is 10.1. The van der Waals surface area contributed by atoms with Crippen molar-refractivity contribution in [3.05, 3.63) is 46.5 Å². The average Bonchev–Trinajstić information content (AvgIpc) is 2.56. The van der Waals surface area contributed by atoms with Gasteiger partial charge in [0.25, 0.3) is 5.69 Å². The summed E-state index contributed by atoms with van der Waals surface area (Å²) in [6, 6.07) is 10.5. The predicted molar refractivity (Wildman–Crippen MR) is 83.6 cm³/mol. The molecule has 1 aliphatic heterocycles. The third-order valence-electron chi connectivity index (χ3n) is 3.71. The molecule has 0 amide bonds. The number of benzene rings is 1. The summed E-state index contributed by atoms with van der Waals surface area (Å²) in [6.07, 6.45) is 2.13. The largest absolute Gasteiger partial charge is 0.366 e. The molecule has 2 heterocycles. The van der Waals surface area contributed by atoms with Gasteiger partial charge in [-0.2, -0.15) is 0 Å². The first-order valence-electron chi connectivity index (χ1n) is 7.28. The number of nitrogens with zero attached hydrogens (tertiary/aromatic N) is 3. The molecule has 0 spiro atoms. The van der Waals surface area contributed by atoms with Gasteiger partial charge in [0.1, 0.15) is 5.82 Å². The fraction of sp³-hybridized carbons (Fsp3) is 0.333. The van der Waals surface area contributed by atoms with Crippen molar-refractivity contribution in [3.8, 4) is 11.3 Å². The summed E-state index contributed by atoms with van der Waals surface area (Å²) >= 11 is 0. The molecule has 0 aliphatic carbocycles. The van der Waals surface area contributed by atoms with Crippen molar-refractivity contribution in [3.63, 3.8) is 0 Å². The van der Waals surface area contributed by atoms with E-state index in [1.54, 1.807) is 12.1 Å². The number of nitro groups is 1. The number of hydrogen-bond donors (Lipinski definition) is 2. The van der Waals surface area contributed by atoms with Gasteiger partial charge in [-0.05, 0) is 38.1 Å². The molecule has 0 unspecified atom stereocenters. The number of rotatable bonds is 4. The third kappa shape index (κ3) is 3.37. The monoisotopic (exact) mass is 299 g/mol. The van der Waals surface area contributed by atoms with E-state index in [2.05, 4.69) is 20.8 Å². The van der Waals surface area contributed by atoms with Crippen molar-refractivity contribution in [1.29, 1.82) is 0 Å². The van der Waals surface area contributed by atoms with E-state index >= 15 is 0 Å². The van der Waals surface area contributed by atoms with E-state index in [4.69, 9.17) is 0 Å². The van der Waals surface area contributed by atoms with Gasteiger partial charge in [0.05, 0.1) is 10.6 Å². The SMILES string of the molecule is O=[N+]([O-])c1cccc(-c2ccc(NC3CCNCC3)nn2)c1. The zero-order valence-electron chi connectivity index (χ0n) is 12.0. The van der Waals surface area contributed by atoms with Crippen LogP contribution in [0.3, 0.4) is 0 Å². The smallest absolute Gasteiger partial charge is 0.270 e. The van der Waals surface area contributed by atoms with Crippen molar-refractivity contribution < 1.29 is 4.92 Å². The minimum absolute atomic E-state index is 0.0520. The maximum absolute atomic E-state index is 10.8. The second-order valence-electron chi connectivity index (χ2n) is 5.28. The van der Waals surface area contributed by atoms with Crippen LogP contribution in [-0.2, 0) is 0 Å². The Balaban J connectivity index is 1.73. The molecule has 1 aromatic heterocycles. The zero-order valence-corrected chi connectivity index (χ0v) is 12.0. The number of nitro benzene ring substituents is 1. The lowest BCUT2D eigenvalue weighted by Gasteiger charge is -2.23. The molecule has 1 aromatic carbocycles. The predicted octanol–water partition coefficient (Wildman–Crippen LogP) is 2.22. The topological polar surface area (TPSA) is 93.0 Å². The number of non-ortho nitro benzene ring substituents is 1. The normalized spacial score (nSPS) is 15.5. The molecule has 0 atom stereocenters. The summed E-state index contributed by atoms with van der Waals surface area (Å²) in [5.74, 6) is 0.737. The Bertz CT molecular complexity index is 653. The molecule has 0 saturated carbocycles. The molecule has 7 heteroatoms. The molecule has 114 valence electrons. The highest BCUT2D eigenvalue weighted by Crippen LogP contribution is 2.22. The van der Waals surface area contributed by atoms with Crippen LogP contribution in [0.2, 0.25) is 0 Å². The van der Waals surface area contributed by atoms with Crippen LogP contribution < -0.4 is 10.6 Å². The first-order chi connectivity index (χ1) is 10.7. The summed E-state index contributed by atoms with van der Waals surface area (Å²) in [5, 5.41) is 25.8. The molecule has 2 aromatic rings. The second-order valence-corrected chi connectivity index (χ2v) is 5.28. The van der Waals surface area contributed by atoms with E-state index in [0.717, 1.165) is 31.7 Å². The van der Waals surface area contributed by atoms with Crippen LogP contribution in [0.25, 0.3) is 11.3 Å². The van der Waals surface area contributed by atoms with Gasteiger partial charge < -0.3 is 10.6 Å². The Labute approximate surface area is 127 Å². The standard InChI is InChI=1S/C15H17N5O2/c21-20(22)13-3-1-2-11(10-13)14-4-5-15(19-18-14)17-12-6-8-16-9-7-12/h1-5,10,12,16H,6-9H2,(H,17,19). The van der Waals surface area contributed by atoms with Crippen LogP contribution in [0.4, 0.5) is 11.5 Å². The summed E-state index contributed by atoms with van der Waals surface area (Å²) < 4.78 is 0. The zero-order chi connectivity index (χ0) is 15.4. The minimum atomic E-state index is -0.413. The molecule has 22 heavy (non-hydrogen) atoms. The van der Waals surface area contributed by atoms with E-state index in [0.29, 0.717) is 17.3 Å². The Kier molecular flexibility index (Phi) is 4.24. The summed E-state index contributed by atoms with van der Waals surface area (Å²) in [4.78, 5) is 10.4. The molecule has 2 N–H and O–H groups in total. The Morgan fingerprint density at radius 3 is 2.68 bits per heavy atom. The van der Waals surface area contributed by atoms with Crippen molar-refractivity contribution in [2.24, 2.45) is 0 Å². The Hall–Kier alpha value is -2.54. The number of hydrogen-bond acceptors (Lipinski definition) is 6. The summed E-state index contributed by atoms with van der Waals surface area (Å²) in [7, 11) is 0. The number of piperidine rings is 1. The molecule has 0 bridgehead atoms. The molecule has 0 radical (unpaired) electrons. The van der Waals surface area contributed by atoms with E-state index in [1.807, 2.05) is 12.1 Å². The quantitative estimate of drug-likeness (QED) is 0.664. The first-order valence-corrected chi connectivity index (χ1v) is 7.28. The van der Waals surface area contributed by atoms with Gasteiger partial charge in [0.2, 0.25) is 0 Å². The Morgan fingerprint density at radius 1 is 1.18 bits per heavy atom. The number of anilines is 1. The fourth-order valence-corrected chi connectivity index (χ4v) is 2.52. The highest BCUT2D eigenvalue weighted by molar-refractivity contribution is 5.62.